The van der Waals surface area contributed by atoms with E-state index in [1.54, 1.807) is 17.8 Å². The molecular weight excluding hydrogens is 314 g/mol. The second-order valence-electron chi connectivity index (χ2n) is 6.10. The van der Waals surface area contributed by atoms with Gasteiger partial charge in [0.15, 0.2) is 0 Å². The average molecular weight is 334 g/mol. The van der Waals surface area contributed by atoms with E-state index in [1.165, 1.54) is 0 Å². The van der Waals surface area contributed by atoms with Crippen molar-refractivity contribution in [3.05, 3.63) is 58.6 Å². The highest BCUT2D eigenvalue weighted by Crippen LogP contribution is 2.30. The Morgan fingerprint density at radius 3 is 2.45 bits per heavy atom. The topological polar surface area (TPSA) is 29.1 Å². The van der Waals surface area contributed by atoms with Crippen LogP contribution < -0.4 is 5.32 Å². The summed E-state index contributed by atoms with van der Waals surface area (Å²) in [6, 6.07) is 13.4. The molecule has 0 fully saturated rings. The second kappa shape index (κ2) is 6.76. The number of thioether (sulfide) groups is 1. The number of nitrogens with one attached hydrogen (secondary N) is 1. The zero-order valence-electron chi connectivity index (χ0n) is 13.2. The van der Waals surface area contributed by atoms with E-state index in [0.717, 1.165) is 16.1 Å². The smallest absolute Gasteiger partial charge is 0.257 e. The third-order valence-corrected chi connectivity index (χ3v) is 4.46. The number of carbonyl (C=O) groups is 1. The molecule has 2 aromatic carbocycles. The molecule has 0 aliphatic rings. The van der Waals surface area contributed by atoms with Gasteiger partial charge in [-0.1, -0.05) is 50.6 Å². The fourth-order valence-corrected chi connectivity index (χ4v) is 2.88. The first kappa shape index (κ1) is 16.9. The zero-order valence-corrected chi connectivity index (χ0v) is 14.8. The van der Waals surface area contributed by atoms with Crippen molar-refractivity contribution in [2.45, 2.75) is 31.1 Å². The number of para-hydroxylation sites is 1. The summed E-state index contributed by atoms with van der Waals surface area (Å²) in [6.45, 7) is 6.37. The fraction of sp³-hybridized carbons (Fsp3) is 0.278. The number of anilines is 1. The van der Waals surface area contributed by atoms with Gasteiger partial charge in [0.05, 0.1) is 10.6 Å². The Bertz CT molecular complexity index is 692. The number of carbonyl (C=O) groups excluding carboxylic acids is 1. The third-order valence-electron chi connectivity index (χ3n) is 3.40. The van der Waals surface area contributed by atoms with Crippen LogP contribution in [0.5, 0.6) is 0 Å². The zero-order chi connectivity index (χ0) is 16.3. The van der Waals surface area contributed by atoms with Gasteiger partial charge < -0.3 is 5.32 Å². The van der Waals surface area contributed by atoms with Crippen LogP contribution >= 0.6 is 23.4 Å². The molecule has 0 unspecified atom stereocenters. The van der Waals surface area contributed by atoms with Crippen LogP contribution in [0.3, 0.4) is 0 Å². The molecule has 0 heterocycles. The molecule has 1 amide bonds. The van der Waals surface area contributed by atoms with Crippen molar-refractivity contribution in [3.8, 4) is 0 Å². The van der Waals surface area contributed by atoms with Gasteiger partial charge in [0, 0.05) is 10.6 Å². The first-order chi connectivity index (χ1) is 10.3. The molecule has 0 spiro atoms. The number of halogens is 1. The van der Waals surface area contributed by atoms with Crippen molar-refractivity contribution in [1.82, 2.24) is 0 Å². The Labute approximate surface area is 141 Å². The van der Waals surface area contributed by atoms with Crippen LogP contribution in [-0.2, 0) is 5.41 Å². The highest BCUT2D eigenvalue weighted by Gasteiger charge is 2.19. The number of amides is 1. The van der Waals surface area contributed by atoms with E-state index >= 15 is 0 Å². The molecule has 0 aromatic heterocycles. The van der Waals surface area contributed by atoms with Crippen molar-refractivity contribution in [3.63, 3.8) is 0 Å². The number of rotatable bonds is 3. The van der Waals surface area contributed by atoms with Gasteiger partial charge in [0.1, 0.15) is 0 Å². The molecule has 2 aromatic rings. The molecule has 2 nitrogen and oxygen atoms in total. The van der Waals surface area contributed by atoms with Crippen LogP contribution in [0.25, 0.3) is 0 Å². The standard InChI is InChI=1S/C18H20ClNOS/c1-18(2,3)14-7-5-6-8-16(14)20-17(21)13-11-12(22-4)9-10-15(13)19/h5-11H,1-4H3,(H,20,21). The minimum absolute atomic E-state index is 0.0468. The van der Waals surface area contributed by atoms with E-state index in [-0.39, 0.29) is 11.3 Å². The van der Waals surface area contributed by atoms with Crippen LogP contribution in [0.15, 0.2) is 47.4 Å². The summed E-state index contributed by atoms with van der Waals surface area (Å²) < 4.78 is 0. The van der Waals surface area contributed by atoms with E-state index in [0.29, 0.717) is 10.6 Å². The summed E-state index contributed by atoms with van der Waals surface area (Å²) in [6.07, 6.45) is 1.97. The molecule has 2 rings (SSSR count). The molecular formula is C18H20ClNOS. The SMILES string of the molecule is CSc1ccc(Cl)c(C(=O)Nc2ccccc2C(C)(C)C)c1. The van der Waals surface area contributed by atoms with Gasteiger partial charge in [0.25, 0.3) is 5.91 Å². The maximum Gasteiger partial charge on any atom is 0.257 e. The summed E-state index contributed by atoms with van der Waals surface area (Å²) in [5.74, 6) is -0.183. The predicted molar refractivity (Wildman–Crippen MR) is 96.3 cm³/mol. The van der Waals surface area contributed by atoms with Gasteiger partial charge in [-0.2, -0.15) is 0 Å². The molecule has 4 heteroatoms. The molecule has 0 aliphatic carbocycles. The minimum atomic E-state index is -0.183. The summed E-state index contributed by atoms with van der Waals surface area (Å²) in [4.78, 5) is 13.6. The molecule has 22 heavy (non-hydrogen) atoms. The Morgan fingerprint density at radius 1 is 1.14 bits per heavy atom. The van der Waals surface area contributed by atoms with Crippen LogP contribution in [-0.4, -0.2) is 12.2 Å². The number of benzene rings is 2. The van der Waals surface area contributed by atoms with Crippen LogP contribution in [0.1, 0.15) is 36.7 Å². The van der Waals surface area contributed by atoms with Gasteiger partial charge >= 0.3 is 0 Å². The lowest BCUT2D eigenvalue weighted by Crippen LogP contribution is -2.19. The van der Waals surface area contributed by atoms with Gasteiger partial charge in [-0.15, -0.1) is 11.8 Å². The number of hydrogen-bond donors (Lipinski definition) is 1. The van der Waals surface area contributed by atoms with Gasteiger partial charge in [-0.25, -0.2) is 0 Å². The van der Waals surface area contributed by atoms with Crippen molar-refractivity contribution < 1.29 is 4.79 Å². The van der Waals surface area contributed by atoms with Crippen LogP contribution in [0.2, 0.25) is 5.02 Å². The maximum absolute atomic E-state index is 12.6. The second-order valence-corrected chi connectivity index (χ2v) is 7.38. The van der Waals surface area contributed by atoms with Crippen molar-refractivity contribution in [2.75, 3.05) is 11.6 Å². The molecule has 0 saturated carbocycles. The van der Waals surface area contributed by atoms with Crippen LogP contribution in [0.4, 0.5) is 5.69 Å². The molecule has 0 bridgehead atoms. The average Bonchev–Trinajstić information content (AvgIpc) is 2.47. The molecule has 0 radical (unpaired) electrons. The lowest BCUT2D eigenvalue weighted by molar-refractivity contribution is 0.102. The van der Waals surface area contributed by atoms with Crippen molar-refractivity contribution >= 4 is 35.0 Å². The van der Waals surface area contributed by atoms with E-state index in [1.807, 2.05) is 42.7 Å². The minimum Gasteiger partial charge on any atom is -0.322 e. The largest absolute Gasteiger partial charge is 0.322 e. The Kier molecular flexibility index (Phi) is 5.20. The maximum atomic E-state index is 12.6. The first-order valence-electron chi connectivity index (χ1n) is 7.07. The van der Waals surface area contributed by atoms with E-state index in [2.05, 4.69) is 26.1 Å². The van der Waals surface area contributed by atoms with Crippen LogP contribution in [0, 0.1) is 0 Å². The summed E-state index contributed by atoms with van der Waals surface area (Å²) >= 11 is 7.76. The summed E-state index contributed by atoms with van der Waals surface area (Å²) in [5.41, 5.74) is 2.37. The van der Waals surface area contributed by atoms with Gasteiger partial charge in [-0.3, -0.25) is 4.79 Å². The summed E-state index contributed by atoms with van der Waals surface area (Å²) in [7, 11) is 0. The van der Waals surface area contributed by atoms with Gasteiger partial charge in [-0.05, 0) is 41.5 Å². The highest BCUT2D eigenvalue weighted by atomic mass is 35.5. The van der Waals surface area contributed by atoms with E-state index in [9.17, 15) is 4.79 Å². The predicted octanol–water partition coefficient (Wildman–Crippen LogP) is 5.61. The van der Waals surface area contributed by atoms with E-state index in [4.69, 9.17) is 11.6 Å². The Morgan fingerprint density at radius 2 is 1.82 bits per heavy atom. The van der Waals surface area contributed by atoms with Crippen molar-refractivity contribution in [2.24, 2.45) is 0 Å². The van der Waals surface area contributed by atoms with Gasteiger partial charge in [0.2, 0.25) is 0 Å². The third kappa shape index (κ3) is 3.84. The molecule has 0 aliphatic heterocycles. The lowest BCUT2D eigenvalue weighted by atomic mass is 9.86. The quantitative estimate of drug-likeness (QED) is 0.739. The Hall–Kier alpha value is -1.45. The molecule has 0 atom stereocenters. The number of hydrogen-bond acceptors (Lipinski definition) is 2. The lowest BCUT2D eigenvalue weighted by Gasteiger charge is -2.23. The highest BCUT2D eigenvalue weighted by molar-refractivity contribution is 7.98. The van der Waals surface area contributed by atoms with E-state index < -0.39 is 0 Å². The molecule has 116 valence electrons. The van der Waals surface area contributed by atoms with Crippen molar-refractivity contribution in [1.29, 1.82) is 0 Å². The Balaban J connectivity index is 2.34. The molecule has 1 N–H and O–H groups in total. The normalized spacial score (nSPS) is 11.3. The fourth-order valence-electron chi connectivity index (χ4n) is 2.24. The monoisotopic (exact) mass is 333 g/mol. The molecule has 0 saturated heterocycles. The first-order valence-corrected chi connectivity index (χ1v) is 8.67. The summed E-state index contributed by atoms with van der Waals surface area (Å²) in [5, 5.41) is 3.45.